The van der Waals surface area contributed by atoms with Crippen LogP contribution in [0.15, 0.2) is 0 Å². The zero-order valence-corrected chi connectivity index (χ0v) is 5.96. The van der Waals surface area contributed by atoms with E-state index in [0.717, 1.165) is 0 Å². The van der Waals surface area contributed by atoms with Gasteiger partial charge in [0.05, 0.1) is 0 Å². The van der Waals surface area contributed by atoms with Gasteiger partial charge in [-0.15, -0.1) is 0 Å². The Morgan fingerprint density at radius 3 is 2.91 bits per heavy atom. The predicted octanol–water partition coefficient (Wildman–Crippen LogP) is -2.36. The van der Waals surface area contributed by atoms with Crippen LogP contribution >= 0.6 is 0 Å². The van der Waals surface area contributed by atoms with Gasteiger partial charge in [0.25, 0.3) is 0 Å². The van der Waals surface area contributed by atoms with Crippen molar-refractivity contribution in [2.45, 2.75) is 6.04 Å². The van der Waals surface area contributed by atoms with Gasteiger partial charge in [0, 0.05) is 13.1 Å². The van der Waals surface area contributed by atoms with E-state index in [0.29, 0.717) is 13.1 Å². The Morgan fingerprint density at radius 1 is 1.64 bits per heavy atom. The first-order valence-electron chi connectivity index (χ1n) is 3.40. The number of ketones is 1. The summed E-state index contributed by atoms with van der Waals surface area (Å²) in [6.07, 6.45) is 0. The molecule has 5 heteroatoms. The van der Waals surface area contributed by atoms with E-state index in [1.165, 1.54) is 0 Å². The van der Waals surface area contributed by atoms with Crippen LogP contribution in [-0.4, -0.2) is 42.5 Å². The van der Waals surface area contributed by atoms with Crippen molar-refractivity contribution in [2.24, 2.45) is 0 Å². The molecule has 1 saturated heterocycles. The monoisotopic (exact) mass is 158 g/mol. The summed E-state index contributed by atoms with van der Waals surface area (Å²) in [5, 5.41) is 13.6. The number of nitrogens with one attached hydrogen (secondary N) is 2. The number of aliphatic hydroxyl groups excluding tert-OH is 1. The summed E-state index contributed by atoms with van der Waals surface area (Å²) in [4.78, 5) is 21.7. The minimum atomic E-state index is -0.853. The lowest BCUT2D eigenvalue weighted by molar-refractivity contribution is -0.133. The Hall–Kier alpha value is -0.940. The van der Waals surface area contributed by atoms with Crippen molar-refractivity contribution in [3.05, 3.63) is 0 Å². The fraction of sp³-hybridized carbons (Fsp3) is 0.667. The lowest BCUT2D eigenvalue weighted by Gasteiger charge is -2.21. The molecule has 0 saturated carbocycles. The Balaban J connectivity index is 2.54. The molecule has 1 fully saturated rings. The number of hydrogen-bond acceptors (Lipinski definition) is 4. The smallest absolute Gasteiger partial charge is 0.244 e. The maximum Gasteiger partial charge on any atom is 0.244 e. The average molecular weight is 158 g/mol. The third kappa shape index (κ3) is 1.75. The minimum Gasteiger partial charge on any atom is -0.389 e. The van der Waals surface area contributed by atoms with Crippen LogP contribution in [0.3, 0.4) is 0 Å². The van der Waals surface area contributed by atoms with E-state index < -0.39 is 18.4 Å². The topological polar surface area (TPSA) is 78.4 Å². The first kappa shape index (κ1) is 8.16. The number of piperazine rings is 1. The number of hydrogen-bond donors (Lipinski definition) is 3. The van der Waals surface area contributed by atoms with E-state index in [-0.39, 0.29) is 5.91 Å². The Morgan fingerprint density at radius 2 is 2.36 bits per heavy atom. The van der Waals surface area contributed by atoms with Crippen LogP contribution in [0.2, 0.25) is 0 Å². The number of carbonyl (C=O) groups excluding carboxylic acids is 2. The Labute approximate surface area is 63.8 Å². The van der Waals surface area contributed by atoms with E-state index in [9.17, 15) is 9.59 Å². The quantitative estimate of drug-likeness (QED) is 0.393. The SMILES string of the molecule is O=C(CO)C1NCCNC1=O. The summed E-state index contributed by atoms with van der Waals surface area (Å²) in [7, 11) is 0. The molecule has 0 aromatic heterocycles. The van der Waals surface area contributed by atoms with Crippen molar-refractivity contribution < 1.29 is 14.7 Å². The van der Waals surface area contributed by atoms with Gasteiger partial charge < -0.3 is 10.4 Å². The molecule has 1 unspecified atom stereocenters. The molecule has 1 aliphatic rings. The van der Waals surface area contributed by atoms with Crippen molar-refractivity contribution in [3.63, 3.8) is 0 Å². The summed E-state index contributed by atoms with van der Waals surface area (Å²) >= 11 is 0. The van der Waals surface area contributed by atoms with E-state index in [2.05, 4.69) is 10.6 Å². The Bertz CT molecular complexity index is 173. The molecule has 11 heavy (non-hydrogen) atoms. The molecule has 0 bridgehead atoms. The minimum absolute atomic E-state index is 0.352. The highest BCUT2D eigenvalue weighted by atomic mass is 16.3. The van der Waals surface area contributed by atoms with Gasteiger partial charge >= 0.3 is 0 Å². The highest BCUT2D eigenvalue weighted by molar-refractivity contribution is 6.06. The lowest BCUT2D eigenvalue weighted by atomic mass is 10.1. The van der Waals surface area contributed by atoms with Gasteiger partial charge in [-0.25, -0.2) is 0 Å². The summed E-state index contributed by atoms with van der Waals surface area (Å²) < 4.78 is 0. The fourth-order valence-corrected chi connectivity index (χ4v) is 0.948. The van der Waals surface area contributed by atoms with E-state index in [4.69, 9.17) is 5.11 Å². The van der Waals surface area contributed by atoms with Gasteiger partial charge in [0.2, 0.25) is 5.91 Å². The van der Waals surface area contributed by atoms with Gasteiger partial charge in [-0.1, -0.05) is 0 Å². The van der Waals surface area contributed by atoms with E-state index in [1.54, 1.807) is 0 Å². The molecule has 3 N–H and O–H groups in total. The predicted molar refractivity (Wildman–Crippen MR) is 36.9 cm³/mol. The van der Waals surface area contributed by atoms with Gasteiger partial charge in [-0.05, 0) is 0 Å². The van der Waals surface area contributed by atoms with Crippen LogP contribution in [0, 0.1) is 0 Å². The number of rotatable bonds is 2. The molecule has 0 aromatic carbocycles. The molecule has 62 valence electrons. The second kappa shape index (κ2) is 3.45. The van der Waals surface area contributed by atoms with Crippen LogP contribution < -0.4 is 10.6 Å². The normalized spacial score (nSPS) is 24.5. The third-order valence-electron chi connectivity index (χ3n) is 1.51. The van der Waals surface area contributed by atoms with E-state index in [1.807, 2.05) is 0 Å². The number of amides is 1. The second-order valence-electron chi connectivity index (χ2n) is 2.30. The van der Waals surface area contributed by atoms with Crippen molar-refractivity contribution in [2.75, 3.05) is 19.7 Å². The van der Waals surface area contributed by atoms with Crippen molar-refractivity contribution in [3.8, 4) is 0 Å². The maximum absolute atomic E-state index is 10.9. The summed E-state index contributed by atoms with van der Waals surface area (Å²) in [5.74, 6) is -0.836. The molecule has 1 rings (SSSR count). The highest BCUT2D eigenvalue weighted by Crippen LogP contribution is 1.90. The van der Waals surface area contributed by atoms with Gasteiger partial charge in [-0.3, -0.25) is 14.9 Å². The van der Waals surface area contributed by atoms with Crippen LogP contribution in [0.25, 0.3) is 0 Å². The molecule has 1 aliphatic heterocycles. The first-order chi connectivity index (χ1) is 5.25. The van der Waals surface area contributed by atoms with Gasteiger partial charge in [-0.2, -0.15) is 0 Å². The van der Waals surface area contributed by atoms with Crippen molar-refractivity contribution in [1.29, 1.82) is 0 Å². The fourth-order valence-electron chi connectivity index (χ4n) is 0.948. The maximum atomic E-state index is 10.9. The molecule has 1 heterocycles. The summed E-state index contributed by atoms with van der Waals surface area (Å²) in [5.41, 5.74) is 0. The summed E-state index contributed by atoms with van der Waals surface area (Å²) in [6.45, 7) is 0.515. The zero-order valence-electron chi connectivity index (χ0n) is 5.96. The second-order valence-corrected chi connectivity index (χ2v) is 2.30. The number of Topliss-reactive ketones (excluding diaryl/α,β-unsaturated/α-hetero) is 1. The standard InChI is InChI=1S/C6H10N2O3/c9-3-4(10)5-6(11)8-2-1-7-5/h5,7,9H,1-3H2,(H,8,11). The third-order valence-corrected chi connectivity index (χ3v) is 1.51. The van der Waals surface area contributed by atoms with Crippen LogP contribution in [0.4, 0.5) is 0 Å². The molecular formula is C6H10N2O3. The molecule has 0 radical (unpaired) electrons. The molecule has 0 aliphatic carbocycles. The highest BCUT2D eigenvalue weighted by Gasteiger charge is 2.27. The molecule has 0 spiro atoms. The molecule has 0 aromatic rings. The lowest BCUT2D eigenvalue weighted by Crippen LogP contribution is -2.57. The van der Waals surface area contributed by atoms with Gasteiger partial charge in [0.1, 0.15) is 12.6 Å². The van der Waals surface area contributed by atoms with Crippen molar-refractivity contribution in [1.82, 2.24) is 10.6 Å². The molecule has 5 nitrogen and oxygen atoms in total. The number of carbonyl (C=O) groups is 2. The molecule has 1 amide bonds. The number of aliphatic hydroxyl groups is 1. The largest absolute Gasteiger partial charge is 0.389 e. The van der Waals surface area contributed by atoms with Crippen LogP contribution in [0.5, 0.6) is 0 Å². The molecular weight excluding hydrogens is 148 g/mol. The average Bonchev–Trinajstić information content (AvgIpc) is 2.04. The summed E-state index contributed by atoms with van der Waals surface area (Å²) in [6, 6.07) is -0.853. The van der Waals surface area contributed by atoms with Crippen LogP contribution in [-0.2, 0) is 9.59 Å². The van der Waals surface area contributed by atoms with Gasteiger partial charge in [0.15, 0.2) is 5.78 Å². The zero-order chi connectivity index (χ0) is 8.27. The van der Waals surface area contributed by atoms with Crippen LogP contribution in [0.1, 0.15) is 0 Å². The Kier molecular flexibility index (Phi) is 2.56. The van der Waals surface area contributed by atoms with E-state index >= 15 is 0 Å². The van der Waals surface area contributed by atoms with Crippen molar-refractivity contribution >= 4 is 11.7 Å². The first-order valence-corrected chi connectivity index (χ1v) is 3.40. The molecule has 1 atom stereocenters.